The highest BCUT2D eigenvalue weighted by atomic mass is 32.1. The number of piperidine rings is 1. The molecule has 1 aromatic rings. The Morgan fingerprint density at radius 2 is 1.92 bits per heavy atom. The van der Waals surface area contributed by atoms with Gasteiger partial charge in [0.05, 0.1) is 25.5 Å². The molecule has 2 fully saturated rings. The molecule has 24 heavy (non-hydrogen) atoms. The van der Waals surface area contributed by atoms with Crippen LogP contribution in [0.1, 0.15) is 43.8 Å². The fourth-order valence-electron chi connectivity index (χ4n) is 3.39. The van der Waals surface area contributed by atoms with Gasteiger partial charge in [-0.1, -0.05) is 13.8 Å². The third-order valence-electron chi connectivity index (χ3n) is 5.20. The van der Waals surface area contributed by atoms with Crippen molar-refractivity contribution in [3.63, 3.8) is 0 Å². The van der Waals surface area contributed by atoms with Gasteiger partial charge in [0.25, 0.3) is 0 Å². The fourth-order valence-corrected chi connectivity index (χ4v) is 4.32. The molecule has 1 aromatic heterocycles. The van der Waals surface area contributed by atoms with Gasteiger partial charge in [-0.15, -0.1) is 11.3 Å². The number of likely N-dealkylation sites (tertiary alicyclic amines) is 1. The number of nitrogens with zero attached hydrogens (tertiary/aromatic N) is 3. The molecule has 0 aromatic carbocycles. The van der Waals surface area contributed by atoms with Gasteiger partial charge in [-0.2, -0.15) is 0 Å². The number of aromatic nitrogens is 1. The Morgan fingerprint density at radius 3 is 2.58 bits per heavy atom. The van der Waals surface area contributed by atoms with Crippen molar-refractivity contribution >= 4 is 11.3 Å². The van der Waals surface area contributed by atoms with Crippen LogP contribution in [0.4, 0.5) is 0 Å². The van der Waals surface area contributed by atoms with Crippen LogP contribution in [0.3, 0.4) is 0 Å². The van der Waals surface area contributed by atoms with Crippen LogP contribution < -0.4 is 0 Å². The Kier molecular flexibility index (Phi) is 6.27. The number of hydrogen-bond acceptors (Lipinski definition) is 6. The van der Waals surface area contributed by atoms with Crippen molar-refractivity contribution in [3.05, 3.63) is 16.1 Å². The van der Waals surface area contributed by atoms with E-state index in [9.17, 15) is 5.11 Å². The maximum absolute atomic E-state index is 11.0. The van der Waals surface area contributed by atoms with Crippen molar-refractivity contribution < 1.29 is 9.84 Å². The van der Waals surface area contributed by atoms with Gasteiger partial charge in [-0.25, -0.2) is 4.98 Å². The summed E-state index contributed by atoms with van der Waals surface area (Å²) in [4.78, 5) is 9.63. The fraction of sp³-hybridized carbons (Fsp3) is 0.833. The molecule has 2 aliphatic heterocycles. The van der Waals surface area contributed by atoms with Crippen molar-refractivity contribution in [1.82, 2.24) is 14.8 Å². The number of hydrogen-bond donors (Lipinski definition) is 1. The minimum absolute atomic E-state index is 0.728. The van der Waals surface area contributed by atoms with Gasteiger partial charge in [0, 0.05) is 31.6 Å². The standard InChI is InChI=1S/C18H31N3O2S/c1-15(2)3-6-20-7-4-18(22,5-8-20)16-14-24-17(19-16)13-21-9-11-23-12-10-21/h14-15,22H,3-13H2,1-2H3. The van der Waals surface area contributed by atoms with E-state index in [1.165, 1.54) is 6.42 Å². The van der Waals surface area contributed by atoms with Crippen molar-refractivity contribution in [2.75, 3.05) is 45.9 Å². The number of morpholine rings is 1. The summed E-state index contributed by atoms with van der Waals surface area (Å²) in [5, 5.41) is 14.2. The second kappa shape index (κ2) is 8.23. The Hall–Kier alpha value is -0.530. The van der Waals surface area contributed by atoms with Crippen molar-refractivity contribution in [2.45, 2.75) is 45.3 Å². The van der Waals surface area contributed by atoms with E-state index in [1.54, 1.807) is 11.3 Å². The number of rotatable bonds is 6. The maximum atomic E-state index is 11.0. The number of ether oxygens (including phenoxy) is 1. The summed E-state index contributed by atoms with van der Waals surface area (Å²) in [7, 11) is 0. The maximum Gasteiger partial charge on any atom is 0.110 e. The summed E-state index contributed by atoms with van der Waals surface area (Å²) >= 11 is 1.68. The molecule has 0 radical (unpaired) electrons. The normalized spacial score (nSPS) is 23.0. The number of thiazole rings is 1. The van der Waals surface area contributed by atoms with Crippen LogP contribution in [-0.2, 0) is 16.9 Å². The lowest BCUT2D eigenvalue weighted by molar-refractivity contribution is -0.0296. The highest BCUT2D eigenvalue weighted by Gasteiger charge is 2.36. The van der Waals surface area contributed by atoms with Gasteiger partial charge in [0.2, 0.25) is 0 Å². The molecule has 6 heteroatoms. The molecule has 3 heterocycles. The van der Waals surface area contributed by atoms with Gasteiger partial charge in [0.1, 0.15) is 10.6 Å². The van der Waals surface area contributed by atoms with Gasteiger partial charge in [-0.3, -0.25) is 4.90 Å². The Balaban J connectivity index is 1.52. The van der Waals surface area contributed by atoms with Crippen LogP contribution in [0, 0.1) is 5.92 Å². The first-order valence-corrected chi connectivity index (χ1v) is 10.1. The molecule has 0 spiro atoms. The molecule has 136 valence electrons. The van der Waals surface area contributed by atoms with Crippen LogP contribution in [0.2, 0.25) is 0 Å². The smallest absolute Gasteiger partial charge is 0.110 e. The second-order valence-corrected chi connectivity index (χ2v) is 8.51. The molecule has 0 amide bonds. The summed E-state index contributed by atoms with van der Waals surface area (Å²) in [5.41, 5.74) is 0.160. The predicted octanol–water partition coefficient (Wildman–Crippen LogP) is 2.30. The molecule has 0 aliphatic carbocycles. The van der Waals surface area contributed by atoms with Crippen molar-refractivity contribution in [1.29, 1.82) is 0 Å². The van der Waals surface area contributed by atoms with Gasteiger partial charge in [0.15, 0.2) is 0 Å². The molecule has 5 nitrogen and oxygen atoms in total. The predicted molar refractivity (Wildman–Crippen MR) is 97.2 cm³/mol. The van der Waals surface area contributed by atoms with Crippen LogP contribution in [0.25, 0.3) is 0 Å². The van der Waals surface area contributed by atoms with E-state index in [-0.39, 0.29) is 0 Å². The molecular weight excluding hydrogens is 322 g/mol. The second-order valence-electron chi connectivity index (χ2n) is 7.57. The molecule has 0 bridgehead atoms. The van der Waals surface area contributed by atoms with E-state index in [1.807, 2.05) is 0 Å². The lowest BCUT2D eigenvalue weighted by atomic mass is 9.88. The first-order chi connectivity index (χ1) is 11.5. The van der Waals surface area contributed by atoms with Gasteiger partial charge < -0.3 is 14.7 Å². The summed E-state index contributed by atoms with van der Waals surface area (Å²) < 4.78 is 5.40. The molecule has 2 aliphatic rings. The van der Waals surface area contributed by atoms with E-state index in [2.05, 4.69) is 29.0 Å². The SMILES string of the molecule is CC(C)CCN1CCC(O)(c2csc(CN3CCOCC3)n2)CC1. The van der Waals surface area contributed by atoms with Gasteiger partial charge in [-0.05, 0) is 31.7 Å². The average molecular weight is 354 g/mol. The average Bonchev–Trinajstić information content (AvgIpc) is 3.05. The third-order valence-corrected chi connectivity index (χ3v) is 6.03. The van der Waals surface area contributed by atoms with Crippen molar-refractivity contribution in [3.8, 4) is 0 Å². The summed E-state index contributed by atoms with van der Waals surface area (Å²) in [6.07, 6.45) is 2.83. The minimum Gasteiger partial charge on any atom is -0.383 e. The zero-order chi connectivity index (χ0) is 17.0. The third kappa shape index (κ3) is 4.76. The molecule has 0 saturated carbocycles. The van der Waals surface area contributed by atoms with Crippen LogP contribution >= 0.6 is 11.3 Å². The highest BCUT2D eigenvalue weighted by Crippen LogP contribution is 2.33. The van der Waals surface area contributed by atoms with E-state index < -0.39 is 5.60 Å². The van der Waals surface area contributed by atoms with Crippen LogP contribution in [-0.4, -0.2) is 65.8 Å². The lowest BCUT2D eigenvalue weighted by Gasteiger charge is -2.37. The summed E-state index contributed by atoms with van der Waals surface area (Å²) in [5.74, 6) is 0.743. The Labute approximate surface area is 149 Å². The highest BCUT2D eigenvalue weighted by molar-refractivity contribution is 7.09. The Morgan fingerprint density at radius 1 is 1.21 bits per heavy atom. The summed E-state index contributed by atoms with van der Waals surface area (Å²) in [6.45, 7) is 12.1. The van der Waals surface area contributed by atoms with Crippen LogP contribution in [0.15, 0.2) is 5.38 Å². The lowest BCUT2D eigenvalue weighted by Crippen LogP contribution is -2.43. The largest absolute Gasteiger partial charge is 0.383 e. The quantitative estimate of drug-likeness (QED) is 0.850. The molecule has 3 rings (SSSR count). The van der Waals surface area contributed by atoms with Crippen LogP contribution in [0.5, 0.6) is 0 Å². The minimum atomic E-state index is -0.728. The first kappa shape index (κ1) is 18.3. The molecule has 1 N–H and O–H groups in total. The molecular formula is C18H31N3O2S. The zero-order valence-electron chi connectivity index (χ0n) is 15.0. The molecule has 0 unspecified atom stereocenters. The Bertz CT molecular complexity index is 506. The van der Waals surface area contributed by atoms with Gasteiger partial charge >= 0.3 is 0 Å². The van der Waals surface area contributed by atoms with E-state index in [0.29, 0.717) is 0 Å². The summed E-state index contributed by atoms with van der Waals surface area (Å²) in [6, 6.07) is 0. The zero-order valence-corrected chi connectivity index (χ0v) is 15.9. The monoisotopic (exact) mass is 353 g/mol. The van der Waals surface area contributed by atoms with E-state index in [0.717, 1.165) is 81.9 Å². The number of aliphatic hydroxyl groups is 1. The molecule has 2 saturated heterocycles. The van der Waals surface area contributed by atoms with E-state index in [4.69, 9.17) is 9.72 Å². The first-order valence-electron chi connectivity index (χ1n) is 9.25. The topological polar surface area (TPSA) is 48.8 Å². The van der Waals surface area contributed by atoms with E-state index >= 15 is 0 Å². The van der Waals surface area contributed by atoms with Crippen molar-refractivity contribution in [2.24, 2.45) is 5.92 Å². The molecule has 0 atom stereocenters.